The van der Waals surface area contributed by atoms with E-state index in [4.69, 9.17) is 0 Å². The van der Waals surface area contributed by atoms with Crippen molar-refractivity contribution >= 4 is 17.5 Å². The van der Waals surface area contributed by atoms with Crippen LogP contribution in [-0.2, 0) is 9.59 Å². The summed E-state index contributed by atoms with van der Waals surface area (Å²) in [6.07, 6.45) is 2.00. The monoisotopic (exact) mass is 288 g/mol. The Morgan fingerprint density at radius 2 is 1.90 bits per heavy atom. The molecule has 4 nitrogen and oxygen atoms in total. The Balaban J connectivity index is 1.89. The number of rotatable bonds is 3. The molecule has 0 atom stereocenters. The molecule has 1 aromatic carbocycles. The minimum atomic E-state index is -0.229. The molecular formula is C17H24N2O2. The molecule has 114 valence electrons. The molecule has 2 amide bonds. The van der Waals surface area contributed by atoms with Crippen LogP contribution in [0.2, 0.25) is 0 Å². The van der Waals surface area contributed by atoms with Crippen LogP contribution in [0.4, 0.5) is 5.69 Å². The third-order valence-corrected chi connectivity index (χ3v) is 4.12. The van der Waals surface area contributed by atoms with Crippen molar-refractivity contribution in [2.75, 3.05) is 18.4 Å². The molecule has 0 spiro atoms. The molecule has 1 N–H and O–H groups in total. The summed E-state index contributed by atoms with van der Waals surface area (Å²) < 4.78 is 0. The first-order chi connectivity index (χ1) is 9.95. The van der Waals surface area contributed by atoms with Crippen LogP contribution in [0.25, 0.3) is 0 Å². The lowest BCUT2D eigenvalue weighted by Gasteiger charge is -2.30. The Hall–Kier alpha value is -1.84. The summed E-state index contributed by atoms with van der Waals surface area (Å²) in [7, 11) is 0. The second-order valence-corrected chi connectivity index (χ2v) is 6.11. The van der Waals surface area contributed by atoms with E-state index in [1.165, 1.54) is 0 Å². The largest absolute Gasteiger partial charge is 0.342 e. The van der Waals surface area contributed by atoms with E-state index in [9.17, 15) is 9.59 Å². The van der Waals surface area contributed by atoms with Crippen LogP contribution in [0, 0.1) is 19.8 Å². The van der Waals surface area contributed by atoms with E-state index in [2.05, 4.69) is 12.2 Å². The number of anilines is 1. The van der Waals surface area contributed by atoms with Gasteiger partial charge in [-0.3, -0.25) is 9.59 Å². The first-order valence-electron chi connectivity index (χ1n) is 7.60. The minimum absolute atomic E-state index is 0.0651. The second-order valence-electron chi connectivity index (χ2n) is 6.11. The highest BCUT2D eigenvalue weighted by Gasteiger charge is 2.22. The average molecular weight is 288 g/mol. The second kappa shape index (κ2) is 6.74. The highest BCUT2D eigenvalue weighted by Crippen LogP contribution is 2.18. The van der Waals surface area contributed by atoms with Crippen LogP contribution >= 0.6 is 0 Å². The molecule has 1 heterocycles. The molecule has 1 aliphatic rings. The number of likely N-dealkylation sites (tertiary alicyclic amines) is 1. The van der Waals surface area contributed by atoms with Crippen molar-refractivity contribution in [1.82, 2.24) is 4.90 Å². The van der Waals surface area contributed by atoms with Gasteiger partial charge in [-0.2, -0.15) is 0 Å². The molecule has 21 heavy (non-hydrogen) atoms. The maximum Gasteiger partial charge on any atom is 0.233 e. The number of nitrogens with one attached hydrogen (secondary N) is 1. The third kappa shape index (κ3) is 4.31. The van der Waals surface area contributed by atoms with Crippen molar-refractivity contribution in [2.24, 2.45) is 5.92 Å². The highest BCUT2D eigenvalue weighted by molar-refractivity contribution is 6.03. The van der Waals surface area contributed by atoms with Crippen molar-refractivity contribution < 1.29 is 9.59 Å². The number of carbonyl (C=O) groups excluding carboxylic acids is 2. The van der Waals surface area contributed by atoms with E-state index >= 15 is 0 Å². The number of piperidine rings is 1. The standard InChI is InChI=1S/C17H24N2O2/c1-12-6-8-19(9-7-12)17(21)11-16(20)18-15-10-13(2)4-5-14(15)3/h4-5,10,12H,6-9,11H2,1-3H3,(H,18,20). The number of benzene rings is 1. The smallest absolute Gasteiger partial charge is 0.233 e. The predicted molar refractivity (Wildman–Crippen MR) is 84.1 cm³/mol. The maximum atomic E-state index is 12.1. The van der Waals surface area contributed by atoms with Crippen LogP contribution in [0.1, 0.15) is 37.3 Å². The summed E-state index contributed by atoms with van der Waals surface area (Å²) in [6, 6.07) is 5.91. The Labute approximate surface area is 126 Å². The number of hydrogen-bond donors (Lipinski definition) is 1. The number of hydrogen-bond acceptors (Lipinski definition) is 2. The third-order valence-electron chi connectivity index (χ3n) is 4.12. The van der Waals surface area contributed by atoms with Crippen molar-refractivity contribution in [2.45, 2.75) is 40.0 Å². The van der Waals surface area contributed by atoms with Crippen molar-refractivity contribution in [1.29, 1.82) is 0 Å². The summed E-state index contributed by atoms with van der Waals surface area (Å²) in [5.74, 6) is 0.384. The predicted octanol–water partition coefficient (Wildman–Crippen LogP) is 2.89. The summed E-state index contributed by atoms with van der Waals surface area (Å²) >= 11 is 0. The highest BCUT2D eigenvalue weighted by atomic mass is 16.2. The first kappa shape index (κ1) is 15.5. The zero-order valence-electron chi connectivity index (χ0n) is 13.1. The van der Waals surface area contributed by atoms with Crippen LogP contribution in [-0.4, -0.2) is 29.8 Å². The van der Waals surface area contributed by atoms with Gasteiger partial charge in [-0.15, -0.1) is 0 Å². The molecule has 4 heteroatoms. The number of aryl methyl sites for hydroxylation is 2. The molecular weight excluding hydrogens is 264 g/mol. The Morgan fingerprint density at radius 1 is 1.24 bits per heavy atom. The van der Waals surface area contributed by atoms with Gasteiger partial charge < -0.3 is 10.2 Å². The van der Waals surface area contributed by atoms with Gasteiger partial charge in [0.05, 0.1) is 0 Å². The normalized spacial score (nSPS) is 15.9. The fourth-order valence-electron chi connectivity index (χ4n) is 2.57. The van der Waals surface area contributed by atoms with E-state index < -0.39 is 0 Å². The Bertz CT molecular complexity index is 532. The average Bonchev–Trinajstić information content (AvgIpc) is 2.43. The van der Waals surface area contributed by atoms with Crippen LogP contribution in [0.15, 0.2) is 18.2 Å². The molecule has 1 saturated heterocycles. The van der Waals surface area contributed by atoms with E-state index in [0.29, 0.717) is 5.92 Å². The molecule has 1 aliphatic heterocycles. The molecule has 1 fully saturated rings. The molecule has 1 aromatic rings. The Kier molecular flexibility index (Phi) is 4.99. The lowest BCUT2D eigenvalue weighted by atomic mass is 9.99. The van der Waals surface area contributed by atoms with E-state index in [1.54, 1.807) is 0 Å². The van der Waals surface area contributed by atoms with Gasteiger partial charge in [0, 0.05) is 18.8 Å². The van der Waals surface area contributed by atoms with Crippen molar-refractivity contribution in [3.63, 3.8) is 0 Å². The molecule has 0 aromatic heterocycles. The van der Waals surface area contributed by atoms with Gasteiger partial charge in [0.15, 0.2) is 0 Å². The van der Waals surface area contributed by atoms with E-state index in [1.807, 2.05) is 36.9 Å². The molecule has 2 rings (SSSR count). The SMILES string of the molecule is Cc1ccc(C)c(NC(=O)CC(=O)N2CCC(C)CC2)c1. The van der Waals surface area contributed by atoms with Gasteiger partial charge >= 0.3 is 0 Å². The van der Waals surface area contributed by atoms with Crippen LogP contribution < -0.4 is 5.32 Å². The fourth-order valence-corrected chi connectivity index (χ4v) is 2.57. The summed E-state index contributed by atoms with van der Waals surface area (Å²) in [6.45, 7) is 7.68. The van der Waals surface area contributed by atoms with Crippen LogP contribution in [0.5, 0.6) is 0 Å². The van der Waals surface area contributed by atoms with Gasteiger partial charge in [-0.05, 0) is 49.8 Å². The zero-order chi connectivity index (χ0) is 15.4. The van der Waals surface area contributed by atoms with Crippen molar-refractivity contribution in [3.05, 3.63) is 29.3 Å². The van der Waals surface area contributed by atoms with Gasteiger partial charge in [0.2, 0.25) is 11.8 Å². The quantitative estimate of drug-likeness (QED) is 0.869. The fraction of sp³-hybridized carbons (Fsp3) is 0.529. The van der Waals surface area contributed by atoms with Crippen LogP contribution in [0.3, 0.4) is 0 Å². The Morgan fingerprint density at radius 3 is 2.57 bits per heavy atom. The minimum Gasteiger partial charge on any atom is -0.342 e. The maximum absolute atomic E-state index is 12.1. The number of amides is 2. The first-order valence-corrected chi connectivity index (χ1v) is 7.60. The van der Waals surface area contributed by atoms with Gasteiger partial charge in [-0.1, -0.05) is 19.1 Å². The van der Waals surface area contributed by atoms with Gasteiger partial charge in [0.1, 0.15) is 6.42 Å². The van der Waals surface area contributed by atoms with E-state index in [-0.39, 0.29) is 18.2 Å². The summed E-state index contributed by atoms with van der Waals surface area (Å²) in [5, 5.41) is 2.84. The van der Waals surface area contributed by atoms with E-state index in [0.717, 1.165) is 42.7 Å². The lowest BCUT2D eigenvalue weighted by Crippen LogP contribution is -2.39. The number of nitrogens with zero attached hydrogens (tertiary/aromatic N) is 1. The molecule has 0 unspecified atom stereocenters. The molecule has 0 aliphatic carbocycles. The molecule has 0 radical (unpaired) electrons. The van der Waals surface area contributed by atoms with Crippen molar-refractivity contribution in [3.8, 4) is 0 Å². The molecule has 0 saturated carbocycles. The topological polar surface area (TPSA) is 49.4 Å². The number of carbonyl (C=O) groups is 2. The van der Waals surface area contributed by atoms with Gasteiger partial charge in [0.25, 0.3) is 0 Å². The summed E-state index contributed by atoms with van der Waals surface area (Å²) in [4.78, 5) is 26.0. The molecule has 0 bridgehead atoms. The summed E-state index contributed by atoms with van der Waals surface area (Å²) in [5.41, 5.74) is 2.89. The van der Waals surface area contributed by atoms with Gasteiger partial charge in [-0.25, -0.2) is 0 Å². The zero-order valence-corrected chi connectivity index (χ0v) is 13.1. The lowest BCUT2D eigenvalue weighted by molar-refractivity contribution is -0.135.